The number of nitrogens with zero attached hydrogens (tertiary/aromatic N) is 2. The van der Waals surface area contributed by atoms with Crippen molar-refractivity contribution in [2.45, 2.75) is 32.7 Å². The van der Waals surface area contributed by atoms with E-state index in [4.69, 9.17) is 5.73 Å². The number of rotatable bonds is 4. The van der Waals surface area contributed by atoms with Gasteiger partial charge in [-0.2, -0.15) is 0 Å². The summed E-state index contributed by atoms with van der Waals surface area (Å²) in [6, 6.07) is 0.0299. The third-order valence-corrected chi connectivity index (χ3v) is 2.78. The average Bonchev–Trinajstić information content (AvgIpc) is 2.18. The van der Waals surface area contributed by atoms with Crippen LogP contribution >= 0.6 is 0 Å². The molecule has 0 aliphatic rings. The summed E-state index contributed by atoms with van der Waals surface area (Å²) in [5, 5.41) is 0. The maximum absolute atomic E-state index is 11.8. The molecule has 1 unspecified atom stereocenters. The van der Waals surface area contributed by atoms with Crippen molar-refractivity contribution in [1.82, 2.24) is 9.80 Å². The lowest BCUT2D eigenvalue weighted by Gasteiger charge is -2.40. The van der Waals surface area contributed by atoms with E-state index >= 15 is 0 Å². The second-order valence-electron chi connectivity index (χ2n) is 3.98. The predicted molar refractivity (Wildman–Crippen MR) is 59.2 cm³/mol. The van der Waals surface area contributed by atoms with Crippen LogP contribution in [-0.2, 0) is 0 Å². The van der Waals surface area contributed by atoms with Gasteiger partial charge >= 0.3 is 6.03 Å². The summed E-state index contributed by atoms with van der Waals surface area (Å²) >= 11 is 0. The highest BCUT2D eigenvalue weighted by Crippen LogP contribution is 2.18. The molecule has 0 aromatic carbocycles. The lowest BCUT2D eigenvalue weighted by molar-refractivity contribution is 0.109. The molecule has 0 fully saturated rings. The molecule has 0 aliphatic heterocycles. The minimum atomic E-state index is -0.226. The Balaban J connectivity index is 4.77. The predicted octanol–water partition coefficient (Wildman–Crippen LogP) is 1.12. The van der Waals surface area contributed by atoms with Crippen LogP contribution in [0.3, 0.4) is 0 Å². The van der Waals surface area contributed by atoms with Crippen LogP contribution in [0.15, 0.2) is 0 Å². The standard InChI is InChI=1S/C10H23N3O/c1-6-10(3,8-11)13(7-2)9(14)12(4)5/h6-8,11H2,1-5H3. The van der Waals surface area contributed by atoms with Crippen LogP contribution in [0.25, 0.3) is 0 Å². The van der Waals surface area contributed by atoms with Crippen LogP contribution in [0.5, 0.6) is 0 Å². The van der Waals surface area contributed by atoms with E-state index in [1.807, 2.05) is 18.7 Å². The van der Waals surface area contributed by atoms with Crippen molar-refractivity contribution in [3.05, 3.63) is 0 Å². The van der Waals surface area contributed by atoms with E-state index in [-0.39, 0.29) is 11.6 Å². The maximum Gasteiger partial charge on any atom is 0.319 e. The van der Waals surface area contributed by atoms with Crippen LogP contribution in [0, 0.1) is 0 Å². The van der Waals surface area contributed by atoms with Crippen molar-refractivity contribution in [2.75, 3.05) is 27.2 Å². The van der Waals surface area contributed by atoms with Crippen molar-refractivity contribution < 1.29 is 4.79 Å². The van der Waals surface area contributed by atoms with Gasteiger partial charge in [-0.1, -0.05) is 6.92 Å². The fourth-order valence-electron chi connectivity index (χ4n) is 1.43. The molecular formula is C10H23N3O. The molecule has 2 N–H and O–H groups in total. The summed E-state index contributed by atoms with van der Waals surface area (Å²) < 4.78 is 0. The van der Waals surface area contributed by atoms with Crippen LogP contribution < -0.4 is 5.73 Å². The van der Waals surface area contributed by atoms with Crippen molar-refractivity contribution in [2.24, 2.45) is 5.73 Å². The Kier molecular flexibility index (Phi) is 4.91. The number of carbonyl (C=O) groups excluding carboxylic acids is 1. The van der Waals surface area contributed by atoms with E-state index in [9.17, 15) is 4.79 Å². The molecule has 1 atom stereocenters. The third-order valence-electron chi connectivity index (χ3n) is 2.78. The first-order chi connectivity index (χ1) is 6.42. The number of nitrogens with two attached hydrogens (primary N) is 1. The van der Waals surface area contributed by atoms with E-state index in [1.165, 1.54) is 0 Å². The van der Waals surface area contributed by atoms with Crippen molar-refractivity contribution in [3.63, 3.8) is 0 Å². The van der Waals surface area contributed by atoms with E-state index in [0.717, 1.165) is 6.42 Å². The quantitative estimate of drug-likeness (QED) is 0.741. The summed E-state index contributed by atoms with van der Waals surface area (Å²) in [6.07, 6.45) is 0.872. The molecule has 0 aromatic heterocycles. The van der Waals surface area contributed by atoms with Gasteiger partial charge in [0.2, 0.25) is 0 Å². The fraction of sp³-hybridized carbons (Fsp3) is 0.900. The summed E-state index contributed by atoms with van der Waals surface area (Å²) in [7, 11) is 3.52. The minimum absolute atomic E-state index is 0.0299. The largest absolute Gasteiger partial charge is 0.331 e. The Morgan fingerprint density at radius 1 is 1.36 bits per heavy atom. The van der Waals surface area contributed by atoms with Gasteiger partial charge in [0.25, 0.3) is 0 Å². The fourth-order valence-corrected chi connectivity index (χ4v) is 1.43. The number of carbonyl (C=O) groups is 1. The van der Waals surface area contributed by atoms with Gasteiger partial charge in [0, 0.05) is 27.2 Å². The van der Waals surface area contributed by atoms with Gasteiger partial charge in [-0.15, -0.1) is 0 Å². The SMILES string of the molecule is CCN(C(=O)N(C)C)C(C)(CC)CN. The number of amides is 2. The zero-order valence-electron chi connectivity index (χ0n) is 10.0. The molecule has 4 nitrogen and oxygen atoms in total. The molecule has 14 heavy (non-hydrogen) atoms. The third kappa shape index (κ3) is 2.61. The molecule has 0 aliphatic carbocycles. The van der Waals surface area contributed by atoms with Gasteiger partial charge in [0.05, 0.1) is 5.54 Å². The average molecular weight is 201 g/mol. The highest BCUT2D eigenvalue weighted by atomic mass is 16.2. The summed E-state index contributed by atoms with van der Waals surface area (Å²) in [4.78, 5) is 15.3. The van der Waals surface area contributed by atoms with E-state index < -0.39 is 0 Å². The minimum Gasteiger partial charge on any atom is -0.331 e. The van der Waals surface area contributed by atoms with Crippen LogP contribution in [0.4, 0.5) is 4.79 Å². The van der Waals surface area contributed by atoms with Crippen LogP contribution in [-0.4, -0.2) is 48.6 Å². The van der Waals surface area contributed by atoms with Crippen molar-refractivity contribution in [1.29, 1.82) is 0 Å². The summed E-state index contributed by atoms with van der Waals surface area (Å²) in [5.74, 6) is 0. The normalized spacial score (nSPS) is 14.7. The smallest absolute Gasteiger partial charge is 0.319 e. The molecule has 4 heteroatoms. The highest BCUT2D eigenvalue weighted by molar-refractivity contribution is 5.74. The molecule has 0 heterocycles. The lowest BCUT2D eigenvalue weighted by Crippen LogP contribution is -2.56. The second-order valence-corrected chi connectivity index (χ2v) is 3.98. The van der Waals surface area contributed by atoms with E-state index in [2.05, 4.69) is 6.92 Å². The van der Waals surface area contributed by atoms with Crippen LogP contribution in [0.1, 0.15) is 27.2 Å². The maximum atomic E-state index is 11.8. The Morgan fingerprint density at radius 3 is 2.07 bits per heavy atom. The zero-order valence-corrected chi connectivity index (χ0v) is 10.0. The summed E-state index contributed by atoms with van der Waals surface area (Å²) in [6.45, 7) is 7.25. The first-order valence-electron chi connectivity index (χ1n) is 5.12. The molecule has 0 bridgehead atoms. The highest BCUT2D eigenvalue weighted by Gasteiger charge is 2.31. The van der Waals surface area contributed by atoms with E-state index in [0.29, 0.717) is 13.1 Å². The van der Waals surface area contributed by atoms with Gasteiger partial charge in [-0.3, -0.25) is 0 Å². The van der Waals surface area contributed by atoms with Crippen molar-refractivity contribution in [3.8, 4) is 0 Å². The molecule has 2 amide bonds. The number of hydrogen-bond donors (Lipinski definition) is 1. The number of hydrogen-bond acceptors (Lipinski definition) is 2. The topological polar surface area (TPSA) is 49.6 Å². The number of likely N-dealkylation sites (N-methyl/N-ethyl adjacent to an activating group) is 1. The Morgan fingerprint density at radius 2 is 1.86 bits per heavy atom. The number of urea groups is 1. The lowest BCUT2D eigenvalue weighted by atomic mass is 9.97. The molecule has 0 radical (unpaired) electrons. The second kappa shape index (κ2) is 5.20. The van der Waals surface area contributed by atoms with Crippen molar-refractivity contribution >= 4 is 6.03 Å². The summed E-state index contributed by atoms with van der Waals surface area (Å²) in [5.41, 5.74) is 5.49. The molecule has 0 saturated carbocycles. The van der Waals surface area contributed by atoms with Gasteiger partial charge < -0.3 is 15.5 Å². The first kappa shape index (κ1) is 13.2. The van der Waals surface area contributed by atoms with E-state index in [1.54, 1.807) is 19.0 Å². The van der Waals surface area contributed by atoms with Gasteiger partial charge in [-0.05, 0) is 20.3 Å². The Labute approximate surface area is 87.0 Å². The van der Waals surface area contributed by atoms with Crippen LogP contribution in [0.2, 0.25) is 0 Å². The molecule has 0 rings (SSSR count). The molecule has 0 aromatic rings. The molecular weight excluding hydrogens is 178 g/mol. The molecule has 0 saturated heterocycles. The van der Waals surface area contributed by atoms with Gasteiger partial charge in [0.1, 0.15) is 0 Å². The van der Waals surface area contributed by atoms with Gasteiger partial charge in [0.15, 0.2) is 0 Å². The zero-order chi connectivity index (χ0) is 11.4. The Hall–Kier alpha value is -0.770. The molecule has 0 spiro atoms. The van der Waals surface area contributed by atoms with Gasteiger partial charge in [-0.25, -0.2) is 4.79 Å². The first-order valence-corrected chi connectivity index (χ1v) is 5.12. The Bertz CT molecular complexity index is 188. The molecule has 84 valence electrons. The monoisotopic (exact) mass is 201 g/mol.